The van der Waals surface area contributed by atoms with Gasteiger partial charge in [-0.25, -0.2) is 4.79 Å². The molecule has 4 rings (SSSR count). The fourth-order valence-corrected chi connectivity index (χ4v) is 6.82. The molecule has 5 N–H and O–H groups in total. The Kier molecular flexibility index (Phi) is 8.54. The smallest absolute Gasteiger partial charge is 0.324 e. The summed E-state index contributed by atoms with van der Waals surface area (Å²) in [6.45, 7) is 6.59. The van der Waals surface area contributed by atoms with Crippen LogP contribution in [0.25, 0.3) is 0 Å². The number of amides is 3. The SMILES string of the molecule is COCCN(C(=O)NCCN1CCN(C)CC1)C(=O)[C@@H]1C[C@@H]2Cc3c(sc(N)c3N)C[C@H]2N(C)C1. The maximum absolute atomic E-state index is 13.6. The summed E-state index contributed by atoms with van der Waals surface area (Å²) in [5.41, 5.74) is 14.2. The van der Waals surface area contributed by atoms with Gasteiger partial charge in [0.1, 0.15) is 5.00 Å². The lowest BCUT2D eigenvalue weighted by Crippen LogP contribution is -2.56. The molecule has 0 radical (unpaired) electrons. The van der Waals surface area contributed by atoms with Crippen LogP contribution in [0.4, 0.5) is 15.5 Å². The van der Waals surface area contributed by atoms with Crippen LogP contribution >= 0.6 is 11.3 Å². The van der Waals surface area contributed by atoms with Gasteiger partial charge in [0.15, 0.2) is 0 Å². The minimum Gasteiger partial charge on any atom is -0.396 e. The van der Waals surface area contributed by atoms with Crippen molar-refractivity contribution in [3.63, 3.8) is 0 Å². The molecule has 1 aromatic rings. The lowest BCUT2D eigenvalue weighted by atomic mass is 9.74. The Morgan fingerprint density at radius 3 is 2.63 bits per heavy atom. The minimum absolute atomic E-state index is 0.118. The third-order valence-corrected chi connectivity index (χ3v) is 9.01. The molecule has 3 aliphatic rings. The zero-order valence-corrected chi connectivity index (χ0v) is 22.1. The molecule has 2 aliphatic heterocycles. The molecule has 3 heterocycles. The van der Waals surface area contributed by atoms with Crippen LogP contribution in [0.3, 0.4) is 0 Å². The molecule has 0 bridgehead atoms. The number of carbonyl (C=O) groups excluding carboxylic acids is 2. The largest absolute Gasteiger partial charge is 0.396 e. The molecular formula is C24H41N7O3S. The minimum atomic E-state index is -0.327. The lowest BCUT2D eigenvalue weighted by molar-refractivity contribution is -0.136. The number of ether oxygens (including phenoxy) is 1. The number of urea groups is 1. The van der Waals surface area contributed by atoms with Crippen molar-refractivity contribution in [1.29, 1.82) is 0 Å². The van der Waals surface area contributed by atoms with Crippen molar-refractivity contribution >= 4 is 34.0 Å². The highest BCUT2D eigenvalue weighted by atomic mass is 32.1. The van der Waals surface area contributed by atoms with Crippen LogP contribution < -0.4 is 16.8 Å². The average molecular weight is 508 g/mol. The summed E-state index contributed by atoms with van der Waals surface area (Å²) in [7, 11) is 5.79. The number of likely N-dealkylation sites (tertiary alicyclic amines) is 1. The normalized spacial score (nSPS) is 25.6. The first kappa shape index (κ1) is 26.2. The van der Waals surface area contributed by atoms with E-state index in [1.807, 2.05) is 0 Å². The summed E-state index contributed by atoms with van der Waals surface area (Å²) in [5, 5.41) is 3.67. The van der Waals surface area contributed by atoms with Crippen molar-refractivity contribution in [3.8, 4) is 0 Å². The van der Waals surface area contributed by atoms with E-state index < -0.39 is 0 Å². The van der Waals surface area contributed by atoms with Gasteiger partial charge in [0.2, 0.25) is 5.91 Å². The molecule has 3 amide bonds. The van der Waals surface area contributed by atoms with Crippen LogP contribution in [-0.2, 0) is 22.4 Å². The van der Waals surface area contributed by atoms with E-state index in [1.165, 1.54) is 9.78 Å². The van der Waals surface area contributed by atoms with Crippen LogP contribution in [0.2, 0.25) is 0 Å². The van der Waals surface area contributed by atoms with E-state index in [-0.39, 0.29) is 24.4 Å². The monoisotopic (exact) mass is 507 g/mol. The topological polar surface area (TPSA) is 120 Å². The molecule has 2 saturated heterocycles. The van der Waals surface area contributed by atoms with Crippen LogP contribution in [0.5, 0.6) is 0 Å². The van der Waals surface area contributed by atoms with Crippen molar-refractivity contribution in [2.45, 2.75) is 25.3 Å². The van der Waals surface area contributed by atoms with E-state index >= 15 is 0 Å². The number of hydrogen-bond acceptors (Lipinski definition) is 9. The van der Waals surface area contributed by atoms with Crippen molar-refractivity contribution < 1.29 is 14.3 Å². The Morgan fingerprint density at radius 2 is 1.91 bits per heavy atom. The maximum atomic E-state index is 13.6. The van der Waals surface area contributed by atoms with Crippen molar-refractivity contribution in [1.82, 2.24) is 24.9 Å². The van der Waals surface area contributed by atoms with E-state index in [2.05, 4.69) is 34.1 Å². The zero-order valence-electron chi connectivity index (χ0n) is 21.3. The molecule has 196 valence electrons. The predicted molar refractivity (Wildman–Crippen MR) is 139 cm³/mol. The highest BCUT2D eigenvalue weighted by Crippen LogP contribution is 2.44. The van der Waals surface area contributed by atoms with Gasteiger partial charge >= 0.3 is 6.03 Å². The van der Waals surface area contributed by atoms with Crippen molar-refractivity contribution in [3.05, 3.63) is 10.4 Å². The van der Waals surface area contributed by atoms with E-state index in [9.17, 15) is 9.59 Å². The van der Waals surface area contributed by atoms with Gasteiger partial charge in [-0.2, -0.15) is 0 Å². The Labute approximate surface area is 212 Å². The second-order valence-corrected chi connectivity index (χ2v) is 11.4. The number of likely N-dealkylation sites (N-methyl/N-ethyl adjacent to an activating group) is 2. The molecular weight excluding hydrogens is 466 g/mol. The number of nitrogen functional groups attached to an aromatic ring is 2. The van der Waals surface area contributed by atoms with Crippen LogP contribution in [0.15, 0.2) is 0 Å². The van der Waals surface area contributed by atoms with Crippen LogP contribution in [0.1, 0.15) is 16.9 Å². The summed E-state index contributed by atoms with van der Waals surface area (Å²) < 4.78 is 5.21. The highest BCUT2D eigenvalue weighted by molar-refractivity contribution is 7.16. The number of nitrogens with one attached hydrogen (secondary N) is 1. The van der Waals surface area contributed by atoms with Gasteiger partial charge in [-0.05, 0) is 44.8 Å². The molecule has 1 aromatic heterocycles. The lowest BCUT2D eigenvalue weighted by Gasteiger charge is -2.45. The number of carbonyl (C=O) groups is 2. The summed E-state index contributed by atoms with van der Waals surface area (Å²) in [6.07, 6.45) is 2.51. The van der Waals surface area contributed by atoms with Crippen LogP contribution in [-0.4, -0.2) is 118 Å². The molecule has 2 fully saturated rings. The number of nitrogens with two attached hydrogens (primary N) is 2. The molecule has 1 aliphatic carbocycles. The number of fused-ring (bicyclic) bond motifs is 2. The number of nitrogens with zero attached hydrogens (tertiary/aromatic N) is 4. The molecule has 0 aromatic carbocycles. The molecule has 3 atom stereocenters. The fraction of sp³-hybridized carbons (Fsp3) is 0.750. The first-order valence-corrected chi connectivity index (χ1v) is 13.4. The molecule has 0 unspecified atom stereocenters. The predicted octanol–water partition coefficient (Wildman–Crippen LogP) is 0.380. The van der Waals surface area contributed by atoms with E-state index in [4.69, 9.17) is 16.2 Å². The fourth-order valence-electron chi connectivity index (χ4n) is 5.75. The van der Waals surface area contributed by atoms with Gasteiger partial charge < -0.3 is 31.3 Å². The standard InChI is InChI=1S/C24H41N7O3S/c1-28-6-8-30(9-7-28)5-4-27-24(33)31(10-11-34-3)23(32)17-12-16-13-18-20(35-22(26)21(18)25)14-19(16)29(2)15-17/h16-17,19H,4-15,25-26H2,1-3H3,(H,27,33)/t16-,17-,19-/m1/s1. The van der Waals surface area contributed by atoms with Gasteiger partial charge in [0, 0.05) is 63.8 Å². The number of piperazine rings is 1. The number of imide groups is 1. The first-order valence-electron chi connectivity index (χ1n) is 12.6. The van der Waals surface area contributed by atoms with Crippen molar-refractivity contribution in [2.24, 2.45) is 11.8 Å². The summed E-state index contributed by atoms with van der Waals surface area (Å²) >= 11 is 1.60. The summed E-state index contributed by atoms with van der Waals surface area (Å²) in [4.78, 5) is 36.2. The number of thiophene rings is 1. The molecule has 35 heavy (non-hydrogen) atoms. The summed E-state index contributed by atoms with van der Waals surface area (Å²) in [6, 6.07) is 0.0422. The van der Waals surface area contributed by atoms with Gasteiger partial charge in [-0.1, -0.05) is 0 Å². The Bertz CT molecular complexity index is 902. The average Bonchev–Trinajstić information content (AvgIpc) is 3.12. The quantitative estimate of drug-likeness (QED) is 0.485. The van der Waals surface area contributed by atoms with Crippen LogP contribution in [0, 0.1) is 11.8 Å². The number of hydrogen-bond donors (Lipinski definition) is 3. The third-order valence-electron chi connectivity index (χ3n) is 7.91. The van der Waals surface area contributed by atoms with Gasteiger partial charge in [0.05, 0.1) is 24.8 Å². The second-order valence-electron chi connectivity index (χ2n) is 10.2. The van der Waals surface area contributed by atoms with E-state index in [0.717, 1.165) is 57.5 Å². The van der Waals surface area contributed by atoms with E-state index in [1.54, 1.807) is 18.4 Å². The number of piperidine rings is 1. The Balaban J connectivity index is 1.37. The molecule has 11 heteroatoms. The highest BCUT2D eigenvalue weighted by Gasteiger charge is 2.43. The van der Waals surface area contributed by atoms with Gasteiger partial charge in [-0.15, -0.1) is 11.3 Å². The maximum Gasteiger partial charge on any atom is 0.324 e. The zero-order chi connectivity index (χ0) is 25.1. The number of methoxy groups -OCH3 is 1. The summed E-state index contributed by atoms with van der Waals surface area (Å²) in [5.74, 6) is -0.0376. The molecule has 10 nitrogen and oxygen atoms in total. The molecule has 0 saturated carbocycles. The van der Waals surface area contributed by atoms with E-state index in [0.29, 0.717) is 42.3 Å². The Morgan fingerprint density at radius 1 is 1.17 bits per heavy atom. The second kappa shape index (κ2) is 11.4. The van der Waals surface area contributed by atoms with Crippen molar-refractivity contribution in [2.75, 3.05) is 91.6 Å². The van der Waals surface area contributed by atoms with Gasteiger partial charge in [-0.3, -0.25) is 14.6 Å². The Hall–Kier alpha value is -1.92. The number of rotatable bonds is 7. The van der Waals surface area contributed by atoms with Gasteiger partial charge in [0.25, 0.3) is 0 Å². The number of anilines is 2. The first-order chi connectivity index (χ1) is 16.8. The third kappa shape index (κ3) is 5.91. The molecule has 0 spiro atoms.